The smallest absolute Gasteiger partial charge is 0.343 e. The fraction of sp³-hybridized carbons (Fsp3) is 0.318. The standard InChI is InChI=1S/C22H22N2O8/c1-7-8-5-4-6-9(25)11(8)16(26)12-10(7)20(32-22(12)31)13-15(24(2)3)17(27)14(21(23)30)19(29)18(13)28/h4-6,13,15,18,20,25-28H,1-3H3,(H2,23,30)/t13-,15-,18?,20-/m0/s1. The molecule has 0 aromatic heterocycles. The molecule has 0 saturated heterocycles. The number of hydrogen-bond acceptors (Lipinski definition) is 9. The fourth-order valence-electron chi connectivity index (χ4n) is 4.87. The number of cyclic esters (lactones) is 1. The van der Waals surface area contributed by atoms with Gasteiger partial charge in [0.15, 0.2) is 0 Å². The number of aromatic hydroxyl groups is 2. The normalized spacial score (nSPS) is 25.4. The third kappa shape index (κ3) is 2.76. The average Bonchev–Trinajstić information content (AvgIpc) is 3.05. The van der Waals surface area contributed by atoms with Crippen LogP contribution in [0.1, 0.15) is 27.6 Å². The molecule has 2 aromatic carbocycles. The molecule has 0 radical (unpaired) electrons. The van der Waals surface area contributed by atoms with Gasteiger partial charge in [0.1, 0.15) is 40.6 Å². The van der Waals surface area contributed by atoms with Crippen LogP contribution in [0.3, 0.4) is 0 Å². The number of rotatable bonds is 3. The minimum absolute atomic E-state index is 0.0736. The summed E-state index contributed by atoms with van der Waals surface area (Å²) in [5.74, 6) is -5.73. The maximum absolute atomic E-state index is 12.8. The van der Waals surface area contributed by atoms with Crippen LogP contribution in [0.4, 0.5) is 0 Å². The Morgan fingerprint density at radius 1 is 1.16 bits per heavy atom. The summed E-state index contributed by atoms with van der Waals surface area (Å²) in [5.41, 5.74) is 5.05. The van der Waals surface area contributed by atoms with E-state index in [1.165, 1.54) is 11.0 Å². The van der Waals surface area contributed by atoms with Crippen molar-refractivity contribution in [2.24, 2.45) is 11.7 Å². The number of nitrogens with two attached hydrogens (primary N) is 1. The van der Waals surface area contributed by atoms with Gasteiger partial charge in [-0.3, -0.25) is 14.5 Å². The van der Waals surface area contributed by atoms with Gasteiger partial charge >= 0.3 is 5.97 Å². The summed E-state index contributed by atoms with van der Waals surface area (Å²) in [7, 11) is 3.10. The van der Waals surface area contributed by atoms with Crippen molar-refractivity contribution in [3.05, 3.63) is 46.2 Å². The first-order chi connectivity index (χ1) is 15.0. The number of aliphatic hydroxyl groups is 2. The van der Waals surface area contributed by atoms with Gasteiger partial charge in [0.05, 0.1) is 17.3 Å². The highest BCUT2D eigenvalue weighted by atomic mass is 16.6. The summed E-state index contributed by atoms with van der Waals surface area (Å²) < 4.78 is 5.52. The highest BCUT2D eigenvalue weighted by molar-refractivity contribution is 6.21. The molecule has 0 spiro atoms. The number of phenolic OH excluding ortho intramolecular Hbond substituents is 2. The Labute approximate surface area is 182 Å². The van der Waals surface area contributed by atoms with E-state index in [-0.39, 0.29) is 22.3 Å². The lowest BCUT2D eigenvalue weighted by Crippen LogP contribution is -2.54. The summed E-state index contributed by atoms with van der Waals surface area (Å²) in [5, 5.41) is 43.1. The Kier molecular flexibility index (Phi) is 4.87. The number of aliphatic hydroxyl groups excluding tert-OH is 2. The van der Waals surface area contributed by atoms with Gasteiger partial charge in [-0.15, -0.1) is 0 Å². The van der Waals surface area contributed by atoms with Gasteiger partial charge in [-0.2, -0.15) is 0 Å². The predicted molar refractivity (Wildman–Crippen MR) is 111 cm³/mol. The van der Waals surface area contributed by atoms with Crippen LogP contribution in [-0.2, 0) is 14.3 Å². The lowest BCUT2D eigenvalue weighted by atomic mass is 9.74. The number of amides is 1. The quantitative estimate of drug-likeness (QED) is 0.336. The molecule has 0 saturated carbocycles. The number of primary amides is 1. The van der Waals surface area contributed by atoms with Gasteiger partial charge in [0.2, 0.25) is 5.78 Å². The average molecular weight is 442 g/mol. The molecular weight excluding hydrogens is 420 g/mol. The molecule has 10 nitrogen and oxygen atoms in total. The number of phenols is 2. The predicted octanol–water partition coefficient (Wildman–Crippen LogP) is 0.558. The molecule has 2 aromatic rings. The zero-order valence-electron chi connectivity index (χ0n) is 17.5. The number of esters is 1. The third-order valence-corrected chi connectivity index (χ3v) is 6.25. The van der Waals surface area contributed by atoms with E-state index < -0.39 is 58.9 Å². The minimum atomic E-state index is -1.83. The van der Waals surface area contributed by atoms with Gasteiger partial charge in [-0.25, -0.2) is 4.79 Å². The van der Waals surface area contributed by atoms with E-state index in [0.717, 1.165) is 0 Å². The van der Waals surface area contributed by atoms with Crippen molar-refractivity contribution in [2.75, 3.05) is 14.1 Å². The molecule has 1 amide bonds. The molecule has 1 heterocycles. The number of ketones is 1. The Morgan fingerprint density at radius 2 is 1.81 bits per heavy atom. The number of fused-ring (bicyclic) bond motifs is 2. The molecule has 1 unspecified atom stereocenters. The molecule has 0 fully saturated rings. The Morgan fingerprint density at radius 3 is 2.41 bits per heavy atom. The molecule has 4 atom stereocenters. The van der Waals surface area contributed by atoms with Gasteiger partial charge < -0.3 is 30.9 Å². The van der Waals surface area contributed by atoms with Crippen LogP contribution in [0.25, 0.3) is 10.8 Å². The highest BCUT2D eigenvalue weighted by Gasteiger charge is 2.54. The molecule has 2 aliphatic rings. The summed E-state index contributed by atoms with van der Waals surface area (Å²) in [4.78, 5) is 38.7. The molecule has 0 bridgehead atoms. The zero-order valence-corrected chi connectivity index (χ0v) is 17.5. The van der Waals surface area contributed by atoms with Crippen LogP contribution < -0.4 is 5.73 Å². The van der Waals surface area contributed by atoms with Crippen LogP contribution in [0.5, 0.6) is 11.5 Å². The SMILES string of the molecule is Cc1c2c(c(O)c3c(O)cccc13)C(=O)O[C@@H]2[C@@H]1C(O)C(=O)C(C(N)=O)=C(O)[C@H]1N(C)C. The van der Waals surface area contributed by atoms with E-state index in [4.69, 9.17) is 10.5 Å². The van der Waals surface area contributed by atoms with Crippen molar-refractivity contribution in [3.63, 3.8) is 0 Å². The second kappa shape index (κ2) is 7.21. The molecule has 168 valence electrons. The molecule has 32 heavy (non-hydrogen) atoms. The Bertz CT molecular complexity index is 1230. The summed E-state index contributed by atoms with van der Waals surface area (Å²) in [6.07, 6.45) is -3.07. The molecule has 4 rings (SSSR count). The molecular formula is C22H22N2O8. The second-order valence-electron chi connectivity index (χ2n) is 8.21. The lowest BCUT2D eigenvalue weighted by Gasteiger charge is -2.40. The lowest BCUT2D eigenvalue weighted by molar-refractivity contribution is -0.136. The van der Waals surface area contributed by atoms with E-state index in [0.29, 0.717) is 10.9 Å². The molecule has 1 aliphatic heterocycles. The van der Waals surface area contributed by atoms with Gasteiger partial charge in [-0.1, -0.05) is 12.1 Å². The first kappa shape index (κ1) is 21.6. The maximum Gasteiger partial charge on any atom is 0.343 e. The van der Waals surface area contributed by atoms with Crippen molar-refractivity contribution in [1.82, 2.24) is 4.90 Å². The zero-order chi connectivity index (χ0) is 23.6. The number of benzene rings is 2. The minimum Gasteiger partial charge on any atom is -0.510 e. The van der Waals surface area contributed by atoms with E-state index in [2.05, 4.69) is 0 Å². The fourth-order valence-corrected chi connectivity index (χ4v) is 4.87. The van der Waals surface area contributed by atoms with E-state index in [1.54, 1.807) is 33.2 Å². The summed E-state index contributed by atoms with van der Waals surface area (Å²) in [6, 6.07) is 3.47. The summed E-state index contributed by atoms with van der Waals surface area (Å²) in [6.45, 7) is 1.65. The van der Waals surface area contributed by atoms with Gasteiger partial charge in [0.25, 0.3) is 5.91 Å². The summed E-state index contributed by atoms with van der Waals surface area (Å²) >= 11 is 0. The Balaban J connectivity index is 1.99. The number of carbonyl (C=O) groups excluding carboxylic acids is 3. The number of likely N-dealkylation sites (N-methyl/N-ethyl adjacent to an activating group) is 1. The number of aryl methyl sites for hydroxylation is 1. The number of hydrogen-bond donors (Lipinski definition) is 5. The third-order valence-electron chi connectivity index (χ3n) is 6.25. The van der Waals surface area contributed by atoms with Crippen LogP contribution >= 0.6 is 0 Å². The van der Waals surface area contributed by atoms with E-state index >= 15 is 0 Å². The second-order valence-corrected chi connectivity index (χ2v) is 8.21. The number of ether oxygens (including phenoxy) is 1. The monoisotopic (exact) mass is 442 g/mol. The van der Waals surface area contributed by atoms with Crippen molar-refractivity contribution in [2.45, 2.75) is 25.2 Å². The number of nitrogens with zero attached hydrogens (tertiary/aromatic N) is 1. The molecule has 1 aliphatic carbocycles. The first-order valence-electron chi connectivity index (χ1n) is 9.78. The highest BCUT2D eigenvalue weighted by Crippen LogP contribution is 2.51. The largest absolute Gasteiger partial charge is 0.510 e. The van der Waals surface area contributed by atoms with Crippen molar-refractivity contribution in [3.8, 4) is 11.5 Å². The number of Topliss-reactive ketones (excluding diaryl/α,β-unsaturated/α-hetero) is 1. The van der Waals surface area contributed by atoms with Crippen molar-refractivity contribution in [1.29, 1.82) is 0 Å². The van der Waals surface area contributed by atoms with Crippen molar-refractivity contribution < 1.29 is 39.5 Å². The van der Waals surface area contributed by atoms with Gasteiger partial charge in [0, 0.05) is 5.56 Å². The molecule has 10 heteroatoms. The van der Waals surface area contributed by atoms with Crippen LogP contribution in [0.2, 0.25) is 0 Å². The Hall–Kier alpha value is -3.63. The van der Waals surface area contributed by atoms with E-state index in [1.807, 2.05) is 0 Å². The van der Waals surface area contributed by atoms with Crippen LogP contribution in [0.15, 0.2) is 29.5 Å². The topological polar surface area (TPSA) is 171 Å². The van der Waals surface area contributed by atoms with E-state index in [9.17, 15) is 34.8 Å². The molecule has 6 N–H and O–H groups in total. The first-order valence-corrected chi connectivity index (χ1v) is 9.78. The maximum atomic E-state index is 12.8. The van der Waals surface area contributed by atoms with Crippen LogP contribution in [0, 0.1) is 12.8 Å². The number of carbonyl (C=O) groups is 3. The van der Waals surface area contributed by atoms with Crippen LogP contribution in [-0.4, -0.2) is 69.2 Å². The van der Waals surface area contributed by atoms with Crippen molar-refractivity contribution >= 4 is 28.4 Å². The van der Waals surface area contributed by atoms with Gasteiger partial charge in [-0.05, 0) is 38.0 Å².